The number of para-hydroxylation sites is 2. The second-order valence-corrected chi connectivity index (χ2v) is 19.7. The second kappa shape index (κ2) is 10.2. The topological polar surface area (TPSA) is 18.5 Å². The molecule has 0 bridgehead atoms. The molecule has 0 spiro atoms. The van der Waals surface area contributed by atoms with Gasteiger partial charge < -0.3 is 9.47 Å². The van der Waals surface area contributed by atoms with Crippen molar-refractivity contribution in [1.29, 1.82) is 0 Å². The van der Waals surface area contributed by atoms with Crippen molar-refractivity contribution in [2.45, 2.75) is 52.4 Å². The zero-order chi connectivity index (χ0) is 36.7. The Morgan fingerprint density at radius 1 is 0.426 bits per heavy atom. The lowest BCUT2D eigenvalue weighted by molar-refractivity contribution is 0.487. The van der Waals surface area contributed by atoms with E-state index in [4.69, 9.17) is 9.47 Å². The van der Waals surface area contributed by atoms with Crippen LogP contribution in [0.25, 0.3) is 54.6 Å². The van der Waals surface area contributed by atoms with Gasteiger partial charge in [0.25, 0.3) is 13.4 Å². The Morgan fingerprint density at radius 3 is 1.24 bits per heavy atom. The average Bonchev–Trinajstić information content (AvgIpc) is 3.12. The minimum atomic E-state index is -0.121. The van der Waals surface area contributed by atoms with E-state index in [0.29, 0.717) is 0 Å². The summed E-state index contributed by atoms with van der Waals surface area (Å²) in [6.45, 7) is 14.4. The number of benzene rings is 8. The van der Waals surface area contributed by atoms with E-state index < -0.39 is 0 Å². The maximum atomic E-state index is 6.74. The summed E-state index contributed by atoms with van der Waals surface area (Å²) < 4.78 is 15.6. The summed E-state index contributed by atoms with van der Waals surface area (Å²) in [5.74, 6) is 3.76. The van der Waals surface area contributed by atoms with Crippen LogP contribution in [0, 0.1) is 0 Å². The molecule has 2 nitrogen and oxygen atoms in total. The molecule has 8 aromatic rings. The zero-order valence-electron chi connectivity index (χ0n) is 31.0. The number of halogens is 2. The van der Waals surface area contributed by atoms with Gasteiger partial charge in [0, 0.05) is 8.95 Å². The van der Waals surface area contributed by atoms with Gasteiger partial charge in [-0.25, -0.2) is 0 Å². The normalized spacial score (nSPS) is 14.5. The van der Waals surface area contributed by atoms with Crippen molar-refractivity contribution in [3.63, 3.8) is 0 Å². The summed E-state index contributed by atoms with van der Waals surface area (Å²) in [6.07, 6.45) is 0. The first kappa shape index (κ1) is 31.8. The number of fused-ring (bicyclic) bond motifs is 8. The summed E-state index contributed by atoms with van der Waals surface area (Å²) >= 11 is 7.82. The van der Waals surface area contributed by atoms with Gasteiger partial charge in [0.05, 0.1) is 0 Å². The Labute approximate surface area is 332 Å². The summed E-state index contributed by atoms with van der Waals surface area (Å²) in [5, 5.41) is 8.26. The van der Waals surface area contributed by atoms with Gasteiger partial charge in [-0.1, -0.05) is 133 Å². The summed E-state index contributed by atoms with van der Waals surface area (Å²) in [5.41, 5.74) is 15.4. The molecule has 0 amide bonds. The Kier molecular flexibility index (Phi) is 6.01. The first-order valence-corrected chi connectivity index (χ1v) is 20.5. The first-order valence-electron chi connectivity index (χ1n) is 19.0. The van der Waals surface area contributed by atoms with E-state index in [0.717, 1.165) is 31.9 Å². The fraction of sp³-hybridized carbons (Fsp3) is 0.167. The van der Waals surface area contributed by atoms with Gasteiger partial charge in [0.15, 0.2) is 0 Å². The van der Waals surface area contributed by atoms with Gasteiger partial charge in [-0.3, -0.25) is 0 Å². The van der Waals surface area contributed by atoms with Gasteiger partial charge in [0.1, 0.15) is 23.0 Å². The Bertz CT molecular complexity index is 2850. The van der Waals surface area contributed by atoms with Crippen molar-refractivity contribution in [3.8, 4) is 45.3 Å². The number of ether oxygens (including phenoxy) is 2. The van der Waals surface area contributed by atoms with E-state index in [-0.39, 0.29) is 24.3 Å². The van der Waals surface area contributed by atoms with Crippen LogP contribution in [0.5, 0.6) is 23.0 Å². The molecule has 4 heterocycles. The zero-order valence-corrected chi connectivity index (χ0v) is 34.1. The molecule has 8 aromatic carbocycles. The van der Waals surface area contributed by atoms with E-state index in [1.807, 2.05) is 0 Å². The molecule has 0 radical (unpaired) electrons. The van der Waals surface area contributed by atoms with E-state index >= 15 is 0 Å². The van der Waals surface area contributed by atoms with Crippen LogP contribution in [0.2, 0.25) is 0 Å². The monoisotopic (exact) mass is 822 g/mol. The average molecular weight is 824 g/mol. The highest BCUT2D eigenvalue weighted by Gasteiger charge is 2.45. The van der Waals surface area contributed by atoms with Crippen molar-refractivity contribution >= 4 is 110 Å². The Morgan fingerprint density at radius 2 is 0.833 bits per heavy atom. The van der Waals surface area contributed by atoms with Crippen LogP contribution in [0.15, 0.2) is 106 Å². The molecule has 12 rings (SSSR count). The SMILES string of the molecule is CC(C)(C)c1cc2c3c(cc4c(C(C)(C)C)cc5c6c(cc1c3c46)B1c3ccccc3Oc3cc(Br)cc-5c31)B1c3ccccc3Oc3cc(Br)cc-2c31. The molecule has 0 aromatic heterocycles. The summed E-state index contributed by atoms with van der Waals surface area (Å²) in [6, 6.07) is 36.5. The van der Waals surface area contributed by atoms with Gasteiger partial charge in [-0.05, 0) is 147 Å². The lowest BCUT2D eigenvalue weighted by atomic mass is 9.31. The number of hydrogen-bond acceptors (Lipinski definition) is 2. The first-order chi connectivity index (χ1) is 25.9. The molecule has 4 aliphatic rings. The highest BCUT2D eigenvalue weighted by molar-refractivity contribution is 9.10. The second-order valence-electron chi connectivity index (χ2n) is 17.8. The minimum Gasteiger partial charge on any atom is -0.458 e. The molecule has 258 valence electrons. The molecule has 0 fully saturated rings. The van der Waals surface area contributed by atoms with Crippen LogP contribution >= 0.6 is 31.9 Å². The number of hydrogen-bond donors (Lipinski definition) is 0. The fourth-order valence-corrected chi connectivity index (χ4v) is 11.5. The molecule has 54 heavy (non-hydrogen) atoms. The number of rotatable bonds is 0. The highest BCUT2D eigenvalue weighted by Crippen LogP contribution is 2.51. The molecular weight excluding hydrogens is 790 g/mol. The Hall–Kier alpha value is -4.51. The molecule has 0 saturated heterocycles. The fourth-order valence-electron chi connectivity index (χ4n) is 10.6. The van der Waals surface area contributed by atoms with Crippen molar-refractivity contribution in [2.75, 3.05) is 0 Å². The standard InChI is InChI=1S/C48H34B2Br2O2/c1-47(2,3)31-19-25-27-15-23(51)17-39-45(27)50(34-12-8-10-14-38(34)53-39)36-22-30-32(48(4,5)6)20-26-28-16-24(52)18-40-46(28)49(33-11-7-9-13-37(33)54-40)35-21-29(31)43(41(25)36)44(30)42(26)35/h7-22H,1-6H3. The van der Waals surface area contributed by atoms with Gasteiger partial charge >= 0.3 is 0 Å². The quantitative estimate of drug-likeness (QED) is 0.112. The van der Waals surface area contributed by atoms with E-state index in [2.05, 4.69) is 170 Å². The van der Waals surface area contributed by atoms with Crippen molar-refractivity contribution in [3.05, 3.63) is 117 Å². The molecule has 0 unspecified atom stereocenters. The third-order valence-electron chi connectivity index (χ3n) is 12.7. The predicted molar refractivity (Wildman–Crippen MR) is 236 cm³/mol. The van der Waals surface area contributed by atoms with Crippen LogP contribution in [-0.2, 0) is 10.8 Å². The molecule has 0 atom stereocenters. The predicted octanol–water partition coefficient (Wildman–Crippen LogP) is 9.91. The maximum Gasteiger partial charge on any atom is 0.252 e. The van der Waals surface area contributed by atoms with E-state index in [1.165, 1.54) is 98.5 Å². The Balaban J connectivity index is 1.36. The highest BCUT2D eigenvalue weighted by atomic mass is 79.9. The van der Waals surface area contributed by atoms with Crippen molar-refractivity contribution < 1.29 is 9.47 Å². The van der Waals surface area contributed by atoms with Crippen LogP contribution in [0.3, 0.4) is 0 Å². The van der Waals surface area contributed by atoms with Crippen molar-refractivity contribution in [2.24, 2.45) is 0 Å². The summed E-state index contributed by atoms with van der Waals surface area (Å²) in [4.78, 5) is 0. The molecule has 0 saturated carbocycles. The van der Waals surface area contributed by atoms with Crippen LogP contribution in [0.1, 0.15) is 52.7 Å². The molecular formula is C48H34B2Br2O2. The lowest BCUT2D eigenvalue weighted by Gasteiger charge is -2.39. The van der Waals surface area contributed by atoms with E-state index in [1.54, 1.807) is 0 Å². The van der Waals surface area contributed by atoms with Crippen LogP contribution < -0.4 is 42.3 Å². The van der Waals surface area contributed by atoms with Crippen molar-refractivity contribution in [1.82, 2.24) is 0 Å². The van der Waals surface area contributed by atoms with Crippen LogP contribution in [-0.4, -0.2) is 13.4 Å². The molecule has 0 aliphatic carbocycles. The molecule has 0 N–H and O–H groups in total. The minimum absolute atomic E-state index is 0.0501. The molecule has 6 heteroatoms. The third kappa shape index (κ3) is 3.94. The lowest BCUT2D eigenvalue weighted by Crippen LogP contribution is -2.58. The molecule has 4 aliphatic heterocycles. The third-order valence-corrected chi connectivity index (χ3v) is 13.6. The van der Waals surface area contributed by atoms with E-state index in [9.17, 15) is 0 Å². The van der Waals surface area contributed by atoms with Crippen LogP contribution in [0.4, 0.5) is 0 Å². The van der Waals surface area contributed by atoms with Gasteiger partial charge in [-0.15, -0.1) is 0 Å². The maximum absolute atomic E-state index is 6.74. The van der Waals surface area contributed by atoms with Gasteiger partial charge in [0.2, 0.25) is 0 Å². The summed E-state index contributed by atoms with van der Waals surface area (Å²) in [7, 11) is 0. The smallest absolute Gasteiger partial charge is 0.252 e. The van der Waals surface area contributed by atoms with Gasteiger partial charge in [-0.2, -0.15) is 0 Å². The largest absolute Gasteiger partial charge is 0.458 e.